The number of ether oxygens (including phenoxy) is 1. The normalized spacial score (nSPS) is 12.6. The molecule has 2 N–H and O–H groups in total. The van der Waals surface area contributed by atoms with E-state index in [4.69, 9.17) is 9.72 Å². The van der Waals surface area contributed by atoms with Crippen molar-refractivity contribution in [3.05, 3.63) is 95.2 Å². The fraction of sp³-hybridized carbons (Fsp3) is 0.214. The molecule has 6 heteroatoms. The van der Waals surface area contributed by atoms with Crippen LogP contribution in [0.1, 0.15) is 53.1 Å². The van der Waals surface area contributed by atoms with Gasteiger partial charge in [0.1, 0.15) is 5.75 Å². The third-order valence-corrected chi connectivity index (χ3v) is 6.05. The highest BCUT2D eigenvalue weighted by molar-refractivity contribution is 5.97. The SMILES string of the molecule is COc1cccc([C@@H](C)N[C@H](C)c2cc(-c3ccc(C)c(C(=O)O)c3)c3ccccc3n2)c1.Cl. The lowest BCUT2D eigenvalue weighted by Gasteiger charge is -2.22. The molecule has 0 aliphatic heterocycles. The van der Waals surface area contributed by atoms with Crippen molar-refractivity contribution in [2.75, 3.05) is 7.11 Å². The first kappa shape index (κ1) is 25.2. The zero-order chi connectivity index (χ0) is 23.5. The molecule has 2 atom stereocenters. The number of aryl methyl sites for hydroxylation is 1. The number of carbonyl (C=O) groups is 1. The van der Waals surface area contributed by atoms with Gasteiger partial charge in [-0.3, -0.25) is 4.98 Å². The van der Waals surface area contributed by atoms with Crippen LogP contribution in [-0.2, 0) is 0 Å². The highest BCUT2D eigenvalue weighted by Crippen LogP contribution is 2.32. The molecular weight excluding hydrogens is 448 g/mol. The molecule has 4 rings (SSSR count). The number of aromatic nitrogens is 1. The van der Waals surface area contributed by atoms with Crippen molar-refractivity contribution in [3.63, 3.8) is 0 Å². The quantitative estimate of drug-likeness (QED) is 0.308. The van der Waals surface area contributed by atoms with E-state index in [0.29, 0.717) is 5.56 Å². The van der Waals surface area contributed by atoms with Crippen LogP contribution in [0.3, 0.4) is 0 Å². The van der Waals surface area contributed by atoms with Gasteiger partial charge < -0.3 is 15.2 Å². The topological polar surface area (TPSA) is 71.5 Å². The van der Waals surface area contributed by atoms with Crippen molar-refractivity contribution in [1.82, 2.24) is 10.3 Å². The van der Waals surface area contributed by atoms with Crippen LogP contribution in [0.25, 0.3) is 22.0 Å². The minimum absolute atomic E-state index is 0. The van der Waals surface area contributed by atoms with E-state index in [-0.39, 0.29) is 24.5 Å². The molecule has 0 saturated heterocycles. The Kier molecular flexibility index (Phi) is 7.92. The molecule has 0 unspecified atom stereocenters. The van der Waals surface area contributed by atoms with Crippen LogP contribution in [0.2, 0.25) is 0 Å². The number of halogens is 1. The van der Waals surface area contributed by atoms with Gasteiger partial charge in [0.25, 0.3) is 0 Å². The van der Waals surface area contributed by atoms with E-state index in [2.05, 4.69) is 31.3 Å². The molecule has 0 fully saturated rings. The second-order valence-corrected chi connectivity index (χ2v) is 8.33. The number of carboxylic acids is 1. The van der Waals surface area contributed by atoms with Crippen molar-refractivity contribution in [2.24, 2.45) is 0 Å². The number of rotatable bonds is 7. The van der Waals surface area contributed by atoms with Gasteiger partial charge in [-0.15, -0.1) is 12.4 Å². The van der Waals surface area contributed by atoms with Crippen LogP contribution in [0, 0.1) is 6.92 Å². The van der Waals surface area contributed by atoms with Crippen LogP contribution in [0.5, 0.6) is 5.75 Å². The van der Waals surface area contributed by atoms with E-state index in [1.165, 1.54) is 0 Å². The molecule has 3 aromatic carbocycles. The molecule has 34 heavy (non-hydrogen) atoms. The Hall–Kier alpha value is -3.41. The third-order valence-electron chi connectivity index (χ3n) is 6.05. The number of nitrogens with one attached hydrogen (secondary N) is 1. The molecule has 0 aliphatic carbocycles. The molecule has 1 heterocycles. The fourth-order valence-electron chi connectivity index (χ4n) is 4.14. The Labute approximate surface area is 206 Å². The lowest BCUT2D eigenvalue weighted by molar-refractivity contribution is 0.0696. The Bertz CT molecular complexity index is 1320. The Morgan fingerprint density at radius 1 is 0.971 bits per heavy atom. The Balaban J connectivity index is 0.00000324. The zero-order valence-corrected chi connectivity index (χ0v) is 20.5. The summed E-state index contributed by atoms with van der Waals surface area (Å²) in [6.45, 7) is 6.02. The predicted octanol–water partition coefficient (Wildman–Crippen LogP) is 6.75. The van der Waals surface area contributed by atoms with E-state index in [9.17, 15) is 9.90 Å². The zero-order valence-electron chi connectivity index (χ0n) is 19.7. The second kappa shape index (κ2) is 10.7. The second-order valence-electron chi connectivity index (χ2n) is 8.33. The first-order valence-corrected chi connectivity index (χ1v) is 11.0. The number of carboxylic acid groups (broad SMARTS) is 1. The molecular formula is C28H29ClN2O3. The first-order valence-electron chi connectivity index (χ1n) is 11.0. The van der Waals surface area contributed by atoms with Crippen molar-refractivity contribution in [1.29, 1.82) is 0 Å². The smallest absolute Gasteiger partial charge is 0.335 e. The summed E-state index contributed by atoms with van der Waals surface area (Å²) in [5.74, 6) is -0.0939. The van der Waals surface area contributed by atoms with Gasteiger partial charge >= 0.3 is 5.97 Å². The Morgan fingerprint density at radius 3 is 2.47 bits per heavy atom. The van der Waals surface area contributed by atoms with Crippen LogP contribution >= 0.6 is 12.4 Å². The number of methoxy groups -OCH3 is 1. The van der Waals surface area contributed by atoms with Gasteiger partial charge in [-0.1, -0.05) is 42.5 Å². The number of fused-ring (bicyclic) bond motifs is 1. The summed E-state index contributed by atoms with van der Waals surface area (Å²) >= 11 is 0. The standard InChI is InChI=1S/C28H28N2O3.ClH/c1-17-12-13-21(15-24(17)28(31)32)25-16-27(30-26-11-6-5-10-23(25)26)19(3)29-18(2)20-8-7-9-22(14-20)33-4;/h5-16,18-19,29H,1-4H3,(H,31,32);1H/t18-,19-;/m1./s1. The van der Waals surface area contributed by atoms with Crippen LogP contribution in [-0.4, -0.2) is 23.2 Å². The Morgan fingerprint density at radius 2 is 1.74 bits per heavy atom. The number of benzene rings is 3. The monoisotopic (exact) mass is 476 g/mol. The first-order chi connectivity index (χ1) is 15.9. The van der Waals surface area contributed by atoms with Crippen molar-refractivity contribution in [3.8, 4) is 16.9 Å². The third kappa shape index (κ3) is 5.22. The summed E-state index contributed by atoms with van der Waals surface area (Å²) in [7, 11) is 1.67. The number of hydrogen-bond acceptors (Lipinski definition) is 4. The van der Waals surface area contributed by atoms with Gasteiger partial charge in [0.05, 0.1) is 23.9 Å². The van der Waals surface area contributed by atoms with Gasteiger partial charge in [-0.2, -0.15) is 0 Å². The molecule has 0 bridgehead atoms. The van der Waals surface area contributed by atoms with Crippen LogP contribution < -0.4 is 10.1 Å². The summed E-state index contributed by atoms with van der Waals surface area (Å²) in [5, 5.41) is 14.2. The maximum Gasteiger partial charge on any atom is 0.335 e. The molecule has 0 amide bonds. The van der Waals surface area contributed by atoms with E-state index in [0.717, 1.165) is 44.6 Å². The highest BCUT2D eigenvalue weighted by Gasteiger charge is 2.17. The lowest BCUT2D eigenvalue weighted by atomic mass is 9.95. The van der Waals surface area contributed by atoms with Gasteiger partial charge in [0.15, 0.2) is 0 Å². The lowest BCUT2D eigenvalue weighted by Crippen LogP contribution is -2.23. The molecule has 1 aromatic heterocycles. The largest absolute Gasteiger partial charge is 0.497 e. The maximum atomic E-state index is 11.7. The van der Waals surface area contributed by atoms with Crippen LogP contribution in [0.4, 0.5) is 0 Å². The minimum atomic E-state index is -0.921. The van der Waals surface area contributed by atoms with E-state index in [1.54, 1.807) is 13.2 Å². The summed E-state index contributed by atoms with van der Waals surface area (Å²) in [6.07, 6.45) is 0. The van der Waals surface area contributed by atoms with Crippen molar-refractivity contribution >= 4 is 29.3 Å². The molecule has 0 radical (unpaired) electrons. The maximum absolute atomic E-state index is 11.7. The average molecular weight is 477 g/mol. The number of hydrogen-bond donors (Lipinski definition) is 2. The molecule has 0 spiro atoms. The molecule has 4 aromatic rings. The molecule has 0 aliphatic rings. The molecule has 5 nitrogen and oxygen atoms in total. The van der Waals surface area contributed by atoms with Gasteiger partial charge in [-0.05, 0) is 73.4 Å². The number of pyridine rings is 1. The highest BCUT2D eigenvalue weighted by atomic mass is 35.5. The summed E-state index contributed by atoms with van der Waals surface area (Å²) in [6, 6.07) is 23.7. The van der Waals surface area contributed by atoms with Crippen molar-refractivity contribution < 1.29 is 14.6 Å². The summed E-state index contributed by atoms with van der Waals surface area (Å²) in [5.41, 5.74) is 5.80. The van der Waals surface area contributed by atoms with Gasteiger partial charge in [0, 0.05) is 17.5 Å². The van der Waals surface area contributed by atoms with E-state index < -0.39 is 5.97 Å². The minimum Gasteiger partial charge on any atom is -0.497 e. The molecule has 0 saturated carbocycles. The number of nitrogens with zero attached hydrogens (tertiary/aromatic N) is 1. The van der Waals surface area contributed by atoms with E-state index >= 15 is 0 Å². The van der Waals surface area contributed by atoms with E-state index in [1.807, 2.05) is 61.5 Å². The van der Waals surface area contributed by atoms with Crippen molar-refractivity contribution in [2.45, 2.75) is 32.9 Å². The number of aromatic carboxylic acids is 1. The summed E-state index contributed by atoms with van der Waals surface area (Å²) in [4.78, 5) is 16.6. The predicted molar refractivity (Wildman–Crippen MR) is 139 cm³/mol. The van der Waals surface area contributed by atoms with Gasteiger partial charge in [0.2, 0.25) is 0 Å². The molecule has 176 valence electrons. The number of para-hydroxylation sites is 1. The summed E-state index contributed by atoms with van der Waals surface area (Å²) < 4.78 is 5.36. The fourth-order valence-corrected chi connectivity index (χ4v) is 4.14. The average Bonchev–Trinajstić information content (AvgIpc) is 2.83. The van der Waals surface area contributed by atoms with Gasteiger partial charge in [-0.25, -0.2) is 4.79 Å². The van der Waals surface area contributed by atoms with Crippen LogP contribution in [0.15, 0.2) is 72.8 Å².